The van der Waals surface area contributed by atoms with Crippen LogP contribution in [0.2, 0.25) is 0 Å². The molecule has 0 fully saturated rings. The largest absolute Gasteiger partial charge is 0.464 e. The molecule has 1 aliphatic rings. The molecule has 4 rings (SSSR count). The molecule has 7 heteroatoms. The van der Waals surface area contributed by atoms with E-state index in [1.807, 2.05) is 12.1 Å². The second kappa shape index (κ2) is 9.66. The highest BCUT2D eigenvalue weighted by Crippen LogP contribution is 2.38. The van der Waals surface area contributed by atoms with E-state index in [-0.39, 0.29) is 18.2 Å². The first kappa shape index (κ1) is 21.6. The third-order valence-corrected chi connectivity index (χ3v) is 6.93. The number of carbonyl (C=O) groups is 2. The van der Waals surface area contributed by atoms with Gasteiger partial charge in [0.05, 0.1) is 24.9 Å². The second-order valence-electron chi connectivity index (χ2n) is 7.83. The SMILES string of the molecule is CCc1ccc2occ(CC(=O)Nc3sc4c(c3C(=O)NCCOC)CCCC4)c2c1. The number of hydrogen-bond acceptors (Lipinski definition) is 5. The molecule has 1 aliphatic carbocycles. The molecule has 0 spiro atoms. The monoisotopic (exact) mass is 440 g/mol. The summed E-state index contributed by atoms with van der Waals surface area (Å²) in [6.07, 6.45) is 6.80. The zero-order chi connectivity index (χ0) is 21.8. The number of rotatable bonds is 8. The molecule has 0 saturated heterocycles. The third-order valence-electron chi connectivity index (χ3n) is 5.72. The lowest BCUT2D eigenvalue weighted by molar-refractivity contribution is -0.115. The van der Waals surface area contributed by atoms with Crippen LogP contribution in [-0.2, 0) is 35.2 Å². The Bertz CT molecular complexity index is 1100. The Morgan fingerprint density at radius 3 is 2.87 bits per heavy atom. The molecule has 2 heterocycles. The maximum absolute atomic E-state index is 12.9. The number of anilines is 1. The number of fused-ring (bicyclic) bond motifs is 2. The summed E-state index contributed by atoms with van der Waals surface area (Å²) in [4.78, 5) is 27.0. The minimum atomic E-state index is -0.145. The number of furan rings is 1. The van der Waals surface area contributed by atoms with Crippen molar-refractivity contribution >= 4 is 39.1 Å². The van der Waals surface area contributed by atoms with E-state index in [9.17, 15) is 9.59 Å². The topological polar surface area (TPSA) is 80.6 Å². The van der Waals surface area contributed by atoms with E-state index in [1.165, 1.54) is 21.8 Å². The molecular weight excluding hydrogens is 412 g/mol. The van der Waals surface area contributed by atoms with Crippen molar-refractivity contribution in [3.05, 3.63) is 51.6 Å². The number of aryl methyl sites for hydroxylation is 2. The predicted octanol–water partition coefficient (Wildman–Crippen LogP) is 4.49. The molecule has 0 aliphatic heterocycles. The van der Waals surface area contributed by atoms with E-state index in [4.69, 9.17) is 9.15 Å². The lowest BCUT2D eigenvalue weighted by Crippen LogP contribution is -2.28. The fourth-order valence-corrected chi connectivity index (χ4v) is 5.38. The van der Waals surface area contributed by atoms with Crippen LogP contribution >= 0.6 is 11.3 Å². The molecule has 31 heavy (non-hydrogen) atoms. The Labute approximate surface area is 186 Å². The Morgan fingerprint density at radius 1 is 1.23 bits per heavy atom. The summed E-state index contributed by atoms with van der Waals surface area (Å²) >= 11 is 1.53. The molecule has 2 amide bonds. The van der Waals surface area contributed by atoms with E-state index in [0.29, 0.717) is 23.7 Å². The van der Waals surface area contributed by atoms with Gasteiger partial charge in [-0.15, -0.1) is 11.3 Å². The quantitative estimate of drug-likeness (QED) is 0.506. The van der Waals surface area contributed by atoms with Crippen LogP contribution in [-0.4, -0.2) is 32.1 Å². The molecule has 0 unspecified atom stereocenters. The van der Waals surface area contributed by atoms with Crippen LogP contribution in [0.1, 0.15) is 51.7 Å². The lowest BCUT2D eigenvalue weighted by Gasteiger charge is -2.13. The van der Waals surface area contributed by atoms with Gasteiger partial charge in [0, 0.05) is 29.5 Å². The van der Waals surface area contributed by atoms with Crippen LogP contribution in [0.4, 0.5) is 5.00 Å². The van der Waals surface area contributed by atoms with E-state index >= 15 is 0 Å². The summed E-state index contributed by atoms with van der Waals surface area (Å²) in [5.74, 6) is -0.290. The molecule has 6 nitrogen and oxygen atoms in total. The van der Waals surface area contributed by atoms with Crippen LogP contribution in [0, 0.1) is 0 Å². The van der Waals surface area contributed by atoms with Crippen LogP contribution in [0.25, 0.3) is 11.0 Å². The van der Waals surface area contributed by atoms with Crippen molar-refractivity contribution in [2.24, 2.45) is 0 Å². The van der Waals surface area contributed by atoms with Crippen LogP contribution < -0.4 is 10.6 Å². The van der Waals surface area contributed by atoms with Gasteiger partial charge in [-0.3, -0.25) is 9.59 Å². The Morgan fingerprint density at radius 2 is 2.06 bits per heavy atom. The molecule has 3 aromatic rings. The molecule has 0 radical (unpaired) electrons. The number of methoxy groups -OCH3 is 1. The predicted molar refractivity (Wildman–Crippen MR) is 123 cm³/mol. The van der Waals surface area contributed by atoms with E-state index < -0.39 is 0 Å². The number of ether oxygens (including phenoxy) is 1. The summed E-state index contributed by atoms with van der Waals surface area (Å²) in [5.41, 5.74) is 4.55. The molecular formula is C24H28N2O4S. The summed E-state index contributed by atoms with van der Waals surface area (Å²) in [6.45, 7) is 2.99. The smallest absolute Gasteiger partial charge is 0.254 e. The number of amides is 2. The normalized spacial score (nSPS) is 13.2. The van der Waals surface area contributed by atoms with Gasteiger partial charge in [-0.2, -0.15) is 0 Å². The highest BCUT2D eigenvalue weighted by Gasteiger charge is 2.26. The molecule has 2 aromatic heterocycles. The van der Waals surface area contributed by atoms with Crippen LogP contribution in [0.15, 0.2) is 28.9 Å². The fourth-order valence-electron chi connectivity index (χ4n) is 4.08. The van der Waals surface area contributed by atoms with Gasteiger partial charge in [0.15, 0.2) is 0 Å². The van der Waals surface area contributed by atoms with Gasteiger partial charge in [-0.25, -0.2) is 0 Å². The summed E-state index contributed by atoms with van der Waals surface area (Å²) in [6, 6.07) is 6.08. The highest BCUT2D eigenvalue weighted by atomic mass is 32.1. The number of hydrogen-bond donors (Lipinski definition) is 2. The van der Waals surface area contributed by atoms with E-state index in [1.54, 1.807) is 13.4 Å². The lowest BCUT2D eigenvalue weighted by atomic mass is 9.95. The summed E-state index contributed by atoms with van der Waals surface area (Å²) < 4.78 is 10.7. The third kappa shape index (κ3) is 4.67. The molecule has 0 bridgehead atoms. The van der Waals surface area contributed by atoms with Gasteiger partial charge in [0.2, 0.25) is 5.91 Å². The zero-order valence-electron chi connectivity index (χ0n) is 18.0. The maximum atomic E-state index is 12.9. The minimum absolute atomic E-state index is 0.144. The van der Waals surface area contributed by atoms with E-state index in [0.717, 1.165) is 54.2 Å². The summed E-state index contributed by atoms with van der Waals surface area (Å²) in [5, 5.41) is 7.54. The first-order valence-corrected chi connectivity index (χ1v) is 11.6. The van der Waals surface area contributed by atoms with Gasteiger partial charge in [-0.05, 0) is 55.4 Å². The van der Waals surface area contributed by atoms with Gasteiger partial charge in [0.1, 0.15) is 10.6 Å². The fraction of sp³-hybridized carbons (Fsp3) is 0.417. The maximum Gasteiger partial charge on any atom is 0.254 e. The van der Waals surface area contributed by atoms with Crippen molar-refractivity contribution < 1.29 is 18.7 Å². The van der Waals surface area contributed by atoms with Gasteiger partial charge >= 0.3 is 0 Å². The highest BCUT2D eigenvalue weighted by molar-refractivity contribution is 7.17. The molecule has 0 atom stereocenters. The Kier molecular flexibility index (Phi) is 6.73. The van der Waals surface area contributed by atoms with Gasteiger partial charge < -0.3 is 19.8 Å². The average molecular weight is 441 g/mol. The number of thiophene rings is 1. The van der Waals surface area contributed by atoms with Crippen molar-refractivity contribution in [1.82, 2.24) is 5.32 Å². The average Bonchev–Trinajstić information content (AvgIpc) is 3.34. The minimum Gasteiger partial charge on any atom is -0.464 e. The second-order valence-corrected chi connectivity index (χ2v) is 8.94. The first-order chi connectivity index (χ1) is 15.1. The number of nitrogens with one attached hydrogen (secondary N) is 2. The van der Waals surface area contributed by atoms with Crippen LogP contribution in [0.5, 0.6) is 0 Å². The number of carbonyl (C=O) groups excluding carboxylic acids is 2. The molecule has 1 aromatic carbocycles. The molecule has 164 valence electrons. The first-order valence-electron chi connectivity index (χ1n) is 10.8. The Hall–Kier alpha value is -2.64. The van der Waals surface area contributed by atoms with Crippen molar-refractivity contribution in [1.29, 1.82) is 0 Å². The van der Waals surface area contributed by atoms with Crippen molar-refractivity contribution in [2.75, 3.05) is 25.6 Å². The standard InChI is InChI=1S/C24H28N2O4S/c1-3-15-8-9-19-18(12-15)16(14-30-19)13-21(27)26-24-22(23(28)25-10-11-29-2)17-6-4-5-7-20(17)31-24/h8-9,12,14H,3-7,10-11,13H2,1-2H3,(H,25,28)(H,26,27). The van der Waals surface area contributed by atoms with Crippen LogP contribution in [0.3, 0.4) is 0 Å². The van der Waals surface area contributed by atoms with Crippen molar-refractivity contribution in [2.45, 2.75) is 45.4 Å². The summed E-state index contributed by atoms with van der Waals surface area (Å²) in [7, 11) is 1.60. The number of benzene rings is 1. The van der Waals surface area contributed by atoms with Crippen molar-refractivity contribution in [3.8, 4) is 0 Å². The van der Waals surface area contributed by atoms with Gasteiger partial charge in [0.25, 0.3) is 5.91 Å². The molecule has 2 N–H and O–H groups in total. The van der Waals surface area contributed by atoms with Gasteiger partial charge in [-0.1, -0.05) is 13.0 Å². The Balaban J connectivity index is 1.55. The zero-order valence-corrected chi connectivity index (χ0v) is 18.8. The van der Waals surface area contributed by atoms with Crippen molar-refractivity contribution in [3.63, 3.8) is 0 Å². The molecule has 0 saturated carbocycles. The van der Waals surface area contributed by atoms with E-state index in [2.05, 4.69) is 23.6 Å².